The monoisotopic (exact) mass is 458 g/mol. The predicted octanol–water partition coefficient (Wildman–Crippen LogP) is 5.75. The number of aryl methyl sites for hydroxylation is 1. The highest BCUT2D eigenvalue weighted by Crippen LogP contribution is 2.25. The molecule has 5 rings (SSSR count). The van der Waals surface area contributed by atoms with Gasteiger partial charge in [-0.25, -0.2) is 0 Å². The Balaban J connectivity index is 1.35. The van der Waals surface area contributed by atoms with Crippen LogP contribution in [0.25, 0.3) is 27.9 Å². The summed E-state index contributed by atoms with van der Waals surface area (Å²) in [6, 6.07) is 26.7. The number of fused-ring (bicyclic) bond motifs is 2. The van der Waals surface area contributed by atoms with Gasteiger partial charge in [0.2, 0.25) is 0 Å². The van der Waals surface area contributed by atoms with Crippen LogP contribution in [0.5, 0.6) is 0 Å². The smallest absolute Gasteiger partial charge is 0.261 e. The van der Waals surface area contributed by atoms with Gasteiger partial charge in [0.15, 0.2) is 0 Å². The van der Waals surface area contributed by atoms with Gasteiger partial charge in [-0.3, -0.25) is 4.79 Å². The number of rotatable bonds is 7. The van der Waals surface area contributed by atoms with Crippen LogP contribution in [0.1, 0.15) is 22.3 Å². The first-order valence-electron chi connectivity index (χ1n) is 11.7. The zero-order chi connectivity index (χ0) is 24.2. The van der Waals surface area contributed by atoms with E-state index in [0.29, 0.717) is 13.0 Å². The molecule has 0 bridgehead atoms. The summed E-state index contributed by atoms with van der Waals surface area (Å²) in [7, 11) is 0. The molecule has 5 nitrogen and oxygen atoms in total. The van der Waals surface area contributed by atoms with E-state index in [1.54, 1.807) is 6.08 Å². The standard InChI is InChI=1S/C30H26N4O/c1-21-7-6-8-22(15-21)19-34-20-25(27-10-3-5-12-29(27)34)16-24(17-31)30(35)32-14-13-23-18-33-28-11-4-2-9-26(23)28/h2-12,15-16,18,20,33H,13-14,19H2,1H3,(H,32,35)/b24-16+. The van der Waals surface area contributed by atoms with E-state index < -0.39 is 0 Å². The lowest BCUT2D eigenvalue weighted by Gasteiger charge is -2.06. The van der Waals surface area contributed by atoms with Crippen LogP contribution < -0.4 is 5.32 Å². The highest BCUT2D eigenvalue weighted by molar-refractivity contribution is 6.04. The first kappa shape index (κ1) is 22.2. The Morgan fingerprint density at radius 2 is 1.86 bits per heavy atom. The average molecular weight is 459 g/mol. The number of hydrogen-bond acceptors (Lipinski definition) is 2. The number of H-pyrrole nitrogens is 1. The van der Waals surface area contributed by atoms with Crippen LogP contribution >= 0.6 is 0 Å². The van der Waals surface area contributed by atoms with E-state index in [1.807, 2.05) is 48.8 Å². The second-order valence-electron chi connectivity index (χ2n) is 8.75. The number of aromatic amines is 1. The lowest BCUT2D eigenvalue weighted by molar-refractivity contribution is -0.117. The minimum absolute atomic E-state index is 0.0994. The molecular weight excluding hydrogens is 432 g/mol. The van der Waals surface area contributed by atoms with Crippen LogP contribution in [0.3, 0.4) is 0 Å². The van der Waals surface area contributed by atoms with Crippen molar-refractivity contribution >= 4 is 33.8 Å². The second kappa shape index (κ2) is 9.74. The van der Waals surface area contributed by atoms with Gasteiger partial charge < -0.3 is 14.9 Å². The molecule has 3 aromatic carbocycles. The summed E-state index contributed by atoms with van der Waals surface area (Å²) in [6.45, 7) is 3.26. The van der Waals surface area contributed by atoms with Crippen LogP contribution in [0.15, 0.2) is 90.8 Å². The molecule has 0 saturated heterocycles. The molecule has 0 saturated carbocycles. The van der Waals surface area contributed by atoms with Crippen molar-refractivity contribution in [1.82, 2.24) is 14.9 Å². The number of carbonyl (C=O) groups is 1. The van der Waals surface area contributed by atoms with Crippen molar-refractivity contribution in [2.24, 2.45) is 0 Å². The van der Waals surface area contributed by atoms with Crippen LogP contribution in [0.2, 0.25) is 0 Å². The van der Waals surface area contributed by atoms with Gasteiger partial charge in [0, 0.05) is 52.9 Å². The van der Waals surface area contributed by atoms with Gasteiger partial charge in [-0.15, -0.1) is 0 Å². The van der Waals surface area contributed by atoms with E-state index in [-0.39, 0.29) is 11.5 Å². The molecule has 35 heavy (non-hydrogen) atoms. The number of aromatic nitrogens is 2. The van der Waals surface area contributed by atoms with Gasteiger partial charge in [0.25, 0.3) is 5.91 Å². The van der Waals surface area contributed by atoms with E-state index in [0.717, 1.165) is 39.5 Å². The van der Waals surface area contributed by atoms with Gasteiger partial charge in [0.05, 0.1) is 0 Å². The number of hydrogen-bond donors (Lipinski definition) is 2. The van der Waals surface area contributed by atoms with Crippen LogP contribution in [-0.2, 0) is 17.8 Å². The van der Waals surface area contributed by atoms with Gasteiger partial charge in [-0.1, -0.05) is 66.2 Å². The van der Waals surface area contributed by atoms with E-state index >= 15 is 0 Å². The zero-order valence-corrected chi connectivity index (χ0v) is 19.6. The fourth-order valence-corrected chi connectivity index (χ4v) is 4.58. The van der Waals surface area contributed by atoms with E-state index in [9.17, 15) is 10.1 Å². The number of benzene rings is 3. The number of para-hydroxylation sites is 2. The summed E-state index contributed by atoms with van der Waals surface area (Å²) in [5, 5.41) is 14.8. The molecule has 2 N–H and O–H groups in total. The fraction of sp³-hybridized carbons (Fsp3) is 0.133. The number of nitrogens with one attached hydrogen (secondary N) is 2. The van der Waals surface area contributed by atoms with Crippen molar-refractivity contribution in [3.63, 3.8) is 0 Å². The third-order valence-corrected chi connectivity index (χ3v) is 6.27. The Morgan fingerprint density at radius 3 is 2.69 bits per heavy atom. The molecule has 0 fully saturated rings. The maximum absolute atomic E-state index is 12.8. The maximum atomic E-state index is 12.8. The summed E-state index contributed by atoms with van der Waals surface area (Å²) < 4.78 is 2.17. The lowest BCUT2D eigenvalue weighted by Crippen LogP contribution is -2.26. The van der Waals surface area contributed by atoms with Gasteiger partial charge >= 0.3 is 0 Å². The highest BCUT2D eigenvalue weighted by Gasteiger charge is 2.13. The van der Waals surface area contributed by atoms with Crippen molar-refractivity contribution in [3.8, 4) is 6.07 Å². The minimum Gasteiger partial charge on any atom is -0.361 e. The minimum atomic E-state index is -0.358. The third-order valence-electron chi connectivity index (χ3n) is 6.27. The quantitative estimate of drug-likeness (QED) is 0.241. The molecular formula is C30H26N4O. The molecule has 0 spiro atoms. The number of carbonyl (C=O) groups excluding carboxylic acids is 1. The number of nitriles is 1. The summed E-state index contributed by atoms with van der Waals surface area (Å²) in [5.41, 5.74) is 6.67. The van der Waals surface area contributed by atoms with Crippen LogP contribution in [0.4, 0.5) is 0 Å². The predicted molar refractivity (Wildman–Crippen MR) is 141 cm³/mol. The maximum Gasteiger partial charge on any atom is 0.261 e. The van der Waals surface area contributed by atoms with Gasteiger partial charge in [-0.05, 0) is 42.7 Å². The van der Waals surface area contributed by atoms with E-state index in [4.69, 9.17) is 0 Å². The van der Waals surface area contributed by atoms with Gasteiger partial charge in [-0.2, -0.15) is 5.26 Å². The Morgan fingerprint density at radius 1 is 1.06 bits per heavy atom. The molecule has 172 valence electrons. The molecule has 5 aromatic rings. The fourth-order valence-electron chi connectivity index (χ4n) is 4.58. The average Bonchev–Trinajstić information content (AvgIpc) is 3.44. The largest absolute Gasteiger partial charge is 0.361 e. The molecule has 0 aliphatic heterocycles. The summed E-state index contributed by atoms with van der Waals surface area (Å²) >= 11 is 0. The van der Waals surface area contributed by atoms with Crippen molar-refractivity contribution in [2.45, 2.75) is 19.9 Å². The third kappa shape index (κ3) is 4.73. The van der Waals surface area contributed by atoms with Gasteiger partial charge in [0.1, 0.15) is 11.6 Å². The van der Waals surface area contributed by atoms with Crippen molar-refractivity contribution < 1.29 is 4.79 Å². The SMILES string of the molecule is Cc1cccc(Cn2cc(/C=C(\C#N)C(=O)NCCc3c[nH]c4ccccc34)c3ccccc32)c1. The van der Waals surface area contributed by atoms with E-state index in [1.165, 1.54) is 11.1 Å². The summed E-state index contributed by atoms with van der Waals surface area (Å²) in [6.07, 6.45) is 6.37. The van der Waals surface area contributed by atoms with Crippen LogP contribution in [-0.4, -0.2) is 22.0 Å². The first-order chi connectivity index (χ1) is 17.1. The Hall–Kier alpha value is -4.56. The lowest BCUT2D eigenvalue weighted by atomic mass is 10.1. The summed E-state index contributed by atoms with van der Waals surface area (Å²) in [4.78, 5) is 16.1. The zero-order valence-electron chi connectivity index (χ0n) is 19.6. The second-order valence-corrected chi connectivity index (χ2v) is 8.75. The number of nitrogens with zero attached hydrogens (tertiary/aromatic N) is 2. The van der Waals surface area contributed by atoms with Crippen LogP contribution in [0, 0.1) is 18.3 Å². The molecule has 0 aliphatic carbocycles. The van der Waals surface area contributed by atoms with Crippen molar-refractivity contribution in [3.05, 3.63) is 113 Å². The topological polar surface area (TPSA) is 73.6 Å². The van der Waals surface area contributed by atoms with Crippen molar-refractivity contribution in [2.75, 3.05) is 6.54 Å². The molecule has 0 unspecified atom stereocenters. The molecule has 0 aliphatic rings. The molecule has 2 aromatic heterocycles. The summed E-state index contributed by atoms with van der Waals surface area (Å²) in [5.74, 6) is -0.358. The normalized spacial score (nSPS) is 11.6. The Kier molecular flexibility index (Phi) is 6.19. The molecule has 0 radical (unpaired) electrons. The Bertz CT molecular complexity index is 1600. The molecule has 2 heterocycles. The van der Waals surface area contributed by atoms with Crippen molar-refractivity contribution in [1.29, 1.82) is 5.26 Å². The Labute approximate surface area is 204 Å². The number of amides is 1. The molecule has 0 atom stereocenters. The van der Waals surface area contributed by atoms with E-state index in [2.05, 4.69) is 64.3 Å². The molecule has 5 heteroatoms. The first-order valence-corrected chi connectivity index (χ1v) is 11.7. The highest BCUT2D eigenvalue weighted by atomic mass is 16.1. The molecule has 1 amide bonds.